The van der Waals surface area contributed by atoms with Gasteiger partial charge in [0.2, 0.25) is 15.9 Å². The Morgan fingerprint density at radius 2 is 1.67 bits per heavy atom. The lowest BCUT2D eigenvalue weighted by molar-refractivity contribution is 0.0183. The first-order valence-electron chi connectivity index (χ1n) is 15.9. The molecule has 48 heavy (non-hydrogen) atoms. The molecule has 0 saturated carbocycles. The van der Waals surface area contributed by atoms with Crippen LogP contribution in [-0.2, 0) is 26.6 Å². The quantitative estimate of drug-likeness (QED) is 0.252. The van der Waals surface area contributed by atoms with E-state index in [9.17, 15) is 18.0 Å². The average molecular weight is 682 g/mol. The lowest BCUT2D eigenvalue weighted by atomic mass is 9.86. The molecular formula is C35H47N5O7S. The summed E-state index contributed by atoms with van der Waals surface area (Å²) in [5.74, 6) is 1.51. The molecule has 12 nitrogen and oxygen atoms in total. The van der Waals surface area contributed by atoms with Crippen LogP contribution in [0.4, 0.5) is 16.2 Å². The number of aryl methyl sites for hydroxylation is 1. The smallest absolute Gasteiger partial charge is 0.410 e. The number of amides is 2. The molecule has 1 aromatic heterocycles. The molecule has 1 aliphatic heterocycles. The third kappa shape index (κ3) is 10.1. The largest absolute Gasteiger partial charge is 0.492 e. The second kappa shape index (κ2) is 14.4. The number of piperidine rings is 1. The van der Waals surface area contributed by atoms with Crippen LogP contribution in [0.2, 0.25) is 0 Å². The molecule has 2 heterocycles. The van der Waals surface area contributed by atoms with Gasteiger partial charge in [0.05, 0.1) is 24.7 Å². The van der Waals surface area contributed by atoms with Gasteiger partial charge in [-0.3, -0.25) is 9.52 Å². The molecule has 0 spiro atoms. The topological polar surface area (TPSA) is 149 Å². The van der Waals surface area contributed by atoms with Crippen molar-refractivity contribution in [3.63, 3.8) is 0 Å². The van der Waals surface area contributed by atoms with E-state index in [0.29, 0.717) is 54.1 Å². The van der Waals surface area contributed by atoms with Crippen LogP contribution in [0.3, 0.4) is 0 Å². The molecule has 2 aromatic carbocycles. The summed E-state index contributed by atoms with van der Waals surface area (Å²) in [5, 5.41) is 2.89. The van der Waals surface area contributed by atoms with Crippen LogP contribution in [-0.4, -0.2) is 67.3 Å². The molecule has 2 amide bonds. The minimum atomic E-state index is -3.62. The highest BCUT2D eigenvalue weighted by Gasteiger charge is 2.28. The lowest BCUT2D eigenvalue weighted by Crippen LogP contribution is -2.42. The van der Waals surface area contributed by atoms with Gasteiger partial charge in [0.1, 0.15) is 17.2 Å². The third-order valence-corrected chi connectivity index (χ3v) is 8.38. The summed E-state index contributed by atoms with van der Waals surface area (Å²) >= 11 is 0. The van der Waals surface area contributed by atoms with Gasteiger partial charge in [0.25, 0.3) is 5.91 Å². The molecule has 0 bridgehead atoms. The Hall–Kier alpha value is -4.39. The summed E-state index contributed by atoms with van der Waals surface area (Å²) < 4.78 is 43.9. The van der Waals surface area contributed by atoms with E-state index in [1.165, 1.54) is 7.11 Å². The van der Waals surface area contributed by atoms with E-state index < -0.39 is 21.5 Å². The second-order valence-corrected chi connectivity index (χ2v) is 15.9. The molecule has 0 aliphatic carbocycles. The number of carbonyl (C=O) groups is 2. The fraction of sp³-hybridized carbons (Fsp3) is 0.486. The number of likely N-dealkylation sites (tertiary alicyclic amines) is 1. The standard InChI is InChI=1S/C35H47N5O7S/c1-22-10-11-24(32(41)37-26-20-25(34(2,3)4)21-27(31(26)45-8)39-48(9,43)44)19-28(22)46-30-12-15-36-29(38-30)18-23-13-16-40(17-14-23)33(42)47-35(5,6)7/h10-12,15,19-21,23,39H,13-14,16-18H2,1-9H3,(H,37,41). The van der Waals surface area contributed by atoms with Gasteiger partial charge in [0.15, 0.2) is 5.75 Å². The molecule has 260 valence electrons. The van der Waals surface area contributed by atoms with Gasteiger partial charge in [-0.15, -0.1) is 0 Å². The maximum Gasteiger partial charge on any atom is 0.410 e. The Morgan fingerprint density at radius 3 is 2.27 bits per heavy atom. The van der Waals surface area contributed by atoms with Gasteiger partial charge in [-0.2, -0.15) is 4.98 Å². The van der Waals surface area contributed by atoms with E-state index in [-0.39, 0.29) is 22.9 Å². The first-order chi connectivity index (χ1) is 22.3. The number of aromatic nitrogens is 2. The number of hydrogen-bond donors (Lipinski definition) is 2. The number of nitrogens with one attached hydrogen (secondary N) is 2. The Labute approximate surface area is 283 Å². The Balaban J connectivity index is 1.48. The van der Waals surface area contributed by atoms with Crippen molar-refractivity contribution in [2.24, 2.45) is 5.92 Å². The number of carbonyl (C=O) groups excluding carboxylic acids is 2. The molecule has 13 heteroatoms. The average Bonchev–Trinajstić information content (AvgIpc) is 2.96. The molecule has 0 atom stereocenters. The Morgan fingerprint density at radius 1 is 1.00 bits per heavy atom. The van der Waals surface area contributed by atoms with Crippen molar-refractivity contribution in [3.05, 3.63) is 65.1 Å². The van der Waals surface area contributed by atoms with Gasteiger partial charge in [-0.1, -0.05) is 26.8 Å². The van der Waals surface area contributed by atoms with E-state index in [4.69, 9.17) is 14.2 Å². The van der Waals surface area contributed by atoms with Gasteiger partial charge < -0.3 is 24.4 Å². The molecule has 1 saturated heterocycles. The molecule has 3 aromatic rings. The normalized spacial score (nSPS) is 14.3. The van der Waals surface area contributed by atoms with Crippen LogP contribution in [0.5, 0.6) is 17.4 Å². The van der Waals surface area contributed by atoms with Crippen molar-refractivity contribution in [2.75, 3.05) is 36.5 Å². The summed E-state index contributed by atoms with van der Waals surface area (Å²) in [6, 6.07) is 10.2. The monoisotopic (exact) mass is 681 g/mol. The predicted octanol–water partition coefficient (Wildman–Crippen LogP) is 6.70. The van der Waals surface area contributed by atoms with Crippen LogP contribution >= 0.6 is 0 Å². The van der Waals surface area contributed by atoms with Gasteiger partial charge in [-0.25, -0.2) is 18.2 Å². The number of nitrogens with zero attached hydrogens (tertiary/aromatic N) is 3. The first kappa shape index (κ1) is 36.4. The lowest BCUT2D eigenvalue weighted by Gasteiger charge is -2.33. The van der Waals surface area contributed by atoms with Crippen molar-refractivity contribution in [3.8, 4) is 17.4 Å². The van der Waals surface area contributed by atoms with Crippen molar-refractivity contribution in [1.82, 2.24) is 14.9 Å². The fourth-order valence-corrected chi connectivity index (χ4v) is 5.80. The third-order valence-electron chi connectivity index (χ3n) is 7.78. The van der Waals surface area contributed by atoms with Crippen molar-refractivity contribution < 1.29 is 32.2 Å². The summed E-state index contributed by atoms with van der Waals surface area (Å²) in [6.45, 7) is 14.7. The fourth-order valence-electron chi connectivity index (χ4n) is 5.25. The zero-order valence-electron chi connectivity index (χ0n) is 29.3. The molecule has 2 N–H and O–H groups in total. The van der Waals surface area contributed by atoms with Crippen LogP contribution in [0.1, 0.15) is 81.7 Å². The highest BCUT2D eigenvalue weighted by molar-refractivity contribution is 7.92. The zero-order valence-corrected chi connectivity index (χ0v) is 30.1. The Kier molecular flexibility index (Phi) is 10.9. The van der Waals surface area contributed by atoms with E-state index in [1.807, 2.05) is 48.5 Å². The van der Waals surface area contributed by atoms with Gasteiger partial charge in [-0.05, 0) is 87.3 Å². The second-order valence-electron chi connectivity index (χ2n) is 14.2. The summed E-state index contributed by atoms with van der Waals surface area (Å²) in [5.41, 5.74) is 1.59. The molecular weight excluding hydrogens is 634 g/mol. The van der Waals surface area contributed by atoms with Crippen LogP contribution in [0.15, 0.2) is 42.6 Å². The van der Waals surface area contributed by atoms with E-state index in [2.05, 4.69) is 20.0 Å². The number of sulfonamides is 1. The molecule has 1 aliphatic rings. The number of anilines is 2. The van der Waals surface area contributed by atoms with Gasteiger partial charge >= 0.3 is 6.09 Å². The highest BCUT2D eigenvalue weighted by Crippen LogP contribution is 2.39. The van der Waals surface area contributed by atoms with Crippen LogP contribution in [0, 0.1) is 12.8 Å². The summed E-state index contributed by atoms with van der Waals surface area (Å²) in [6.07, 6.45) is 4.70. The maximum atomic E-state index is 13.5. The van der Waals surface area contributed by atoms with Crippen molar-refractivity contribution in [2.45, 2.75) is 78.7 Å². The van der Waals surface area contributed by atoms with Crippen molar-refractivity contribution in [1.29, 1.82) is 0 Å². The number of methoxy groups -OCH3 is 1. The van der Waals surface area contributed by atoms with Crippen LogP contribution in [0.25, 0.3) is 0 Å². The Bertz CT molecular complexity index is 1760. The summed E-state index contributed by atoms with van der Waals surface area (Å²) in [4.78, 5) is 36.8. The summed E-state index contributed by atoms with van der Waals surface area (Å²) in [7, 11) is -2.21. The number of rotatable bonds is 9. The molecule has 0 radical (unpaired) electrons. The highest BCUT2D eigenvalue weighted by atomic mass is 32.2. The van der Waals surface area contributed by atoms with E-state index in [0.717, 1.165) is 30.2 Å². The SMILES string of the molecule is COc1c(NC(=O)c2ccc(C)c(Oc3ccnc(CC4CCN(C(=O)OC(C)(C)C)CC4)n3)c2)cc(C(C)(C)C)cc1NS(C)(=O)=O. The molecule has 0 unspecified atom stereocenters. The number of ether oxygens (including phenoxy) is 3. The van der Waals surface area contributed by atoms with Gasteiger partial charge in [0, 0.05) is 37.3 Å². The van der Waals surface area contributed by atoms with E-state index >= 15 is 0 Å². The minimum Gasteiger partial charge on any atom is -0.492 e. The molecule has 1 fully saturated rings. The molecule has 4 rings (SSSR count). The first-order valence-corrected chi connectivity index (χ1v) is 17.8. The van der Waals surface area contributed by atoms with Crippen molar-refractivity contribution >= 4 is 33.4 Å². The predicted molar refractivity (Wildman–Crippen MR) is 186 cm³/mol. The number of benzene rings is 2. The zero-order chi connectivity index (χ0) is 35.4. The minimum absolute atomic E-state index is 0.189. The van der Waals surface area contributed by atoms with Crippen LogP contribution < -0.4 is 19.5 Å². The number of hydrogen-bond acceptors (Lipinski definition) is 9. The maximum absolute atomic E-state index is 13.5. The van der Waals surface area contributed by atoms with E-state index in [1.54, 1.807) is 47.5 Å².